The molecule has 10 nitrogen and oxygen atoms in total. The zero-order valence-electron chi connectivity index (χ0n) is 20.3. The number of benzene rings is 1. The van der Waals surface area contributed by atoms with E-state index >= 15 is 0 Å². The number of hydrogen-bond donors (Lipinski definition) is 3. The van der Waals surface area contributed by atoms with Gasteiger partial charge in [0.25, 0.3) is 5.91 Å². The van der Waals surface area contributed by atoms with E-state index in [1.807, 2.05) is 0 Å². The fourth-order valence-corrected chi connectivity index (χ4v) is 4.48. The number of halogens is 1. The normalized spacial score (nSPS) is 23.1. The summed E-state index contributed by atoms with van der Waals surface area (Å²) in [6, 6.07) is 1.93. The van der Waals surface area contributed by atoms with Crippen LogP contribution in [0.25, 0.3) is 0 Å². The summed E-state index contributed by atoms with van der Waals surface area (Å²) in [5.74, 6) is -2.12. The fraction of sp³-hybridized carbons (Fsp3) is 0.583. The third-order valence-electron chi connectivity index (χ3n) is 6.07. The first-order valence-electron chi connectivity index (χ1n) is 11.6. The van der Waals surface area contributed by atoms with Crippen molar-refractivity contribution in [3.05, 3.63) is 28.8 Å². The van der Waals surface area contributed by atoms with E-state index in [0.717, 1.165) is 0 Å². The van der Waals surface area contributed by atoms with Gasteiger partial charge < -0.3 is 30.1 Å². The number of hydrogen-bond acceptors (Lipinski definition) is 7. The van der Waals surface area contributed by atoms with Gasteiger partial charge in [-0.15, -0.1) is 0 Å². The Kier molecular flexibility index (Phi) is 8.27. The second-order valence-electron chi connectivity index (χ2n) is 9.73. The highest BCUT2D eigenvalue weighted by Gasteiger charge is 2.44. The van der Waals surface area contributed by atoms with Crippen molar-refractivity contribution < 1.29 is 33.8 Å². The van der Waals surface area contributed by atoms with Crippen LogP contribution >= 0.6 is 11.6 Å². The predicted octanol–water partition coefficient (Wildman–Crippen LogP) is 1.98. The first-order valence-corrected chi connectivity index (χ1v) is 12.0. The molecule has 192 valence electrons. The number of nitrogens with zero attached hydrogens (tertiary/aromatic N) is 1. The third-order valence-corrected chi connectivity index (χ3v) is 6.47. The zero-order chi connectivity index (χ0) is 25.9. The Morgan fingerprint density at radius 1 is 1.31 bits per heavy atom. The van der Waals surface area contributed by atoms with Gasteiger partial charge in [-0.3, -0.25) is 19.2 Å². The molecule has 0 aliphatic carbocycles. The molecule has 3 rings (SSSR count). The Hall–Kier alpha value is -2.85. The van der Waals surface area contributed by atoms with Gasteiger partial charge in [0, 0.05) is 13.2 Å². The van der Waals surface area contributed by atoms with Gasteiger partial charge >= 0.3 is 5.97 Å². The van der Waals surface area contributed by atoms with Crippen LogP contribution in [0.5, 0.6) is 5.75 Å². The molecule has 2 saturated heterocycles. The summed E-state index contributed by atoms with van der Waals surface area (Å²) in [5, 5.41) is 15.3. The second-order valence-corrected chi connectivity index (χ2v) is 10.1. The van der Waals surface area contributed by atoms with Crippen LogP contribution in [0, 0.1) is 5.41 Å². The van der Waals surface area contributed by atoms with E-state index in [2.05, 4.69) is 10.6 Å². The number of ether oxygens (including phenoxy) is 2. The van der Waals surface area contributed by atoms with Crippen molar-refractivity contribution in [3.8, 4) is 5.75 Å². The molecule has 1 aromatic rings. The maximum atomic E-state index is 13.6. The highest BCUT2D eigenvalue weighted by Crippen LogP contribution is 2.29. The van der Waals surface area contributed by atoms with Gasteiger partial charge in [-0.2, -0.15) is 0 Å². The number of cyclic esters (lactones) is 1. The molecule has 0 saturated carbocycles. The minimum Gasteiger partial charge on any atom is -0.506 e. The lowest BCUT2D eigenvalue weighted by atomic mass is 9.85. The largest absolute Gasteiger partial charge is 0.506 e. The fourth-order valence-electron chi connectivity index (χ4n) is 4.27. The molecule has 3 N–H and O–H groups in total. The van der Waals surface area contributed by atoms with Gasteiger partial charge in [-0.25, -0.2) is 0 Å². The molecule has 0 aromatic heterocycles. The van der Waals surface area contributed by atoms with Gasteiger partial charge in [-0.05, 0) is 37.3 Å². The molecule has 2 aliphatic rings. The molecule has 0 spiro atoms. The highest BCUT2D eigenvalue weighted by atomic mass is 35.5. The molecule has 2 heterocycles. The Balaban J connectivity index is 1.76. The van der Waals surface area contributed by atoms with Gasteiger partial charge in [0.15, 0.2) is 0 Å². The van der Waals surface area contributed by atoms with Crippen LogP contribution in [-0.2, 0) is 23.9 Å². The van der Waals surface area contributed by atoms with Gasteiger partial charge in [0.05, 0.1) is 17.0 Å². The highest BCUT2D eigenvalue weighted by molar-refractivity contribution is 6.35. The Labute approximate surface area is 209 Å². The average molecular weight is 510 g/mol. The Bertz CT molecular complexity index is 994. The topological polar surface area (TPSA) is 134 Å². The SMILES string of the molecule is CCO[C@@H]1OC(=O)C[C@H]1NC(=O)[C@@H]1CCCN1C(=O)[C@@H](NC(=O)c1cccc(O)c1Cl)C(C)(C)C. The number of carbonyl (C=O) groups excluding carboxylic acids is 4. The molecule has 2 aliphatic heterocycles. The van der Waals surface area contributed by atoms with Crippen molar-refractivity contribution in [2.24, 2.45) is 5.41 Å². The molecule has 35 heavy (non-hydrogen) atoms. The van der Waals surface area contributed by atoms with E-state index in [4.69, 9.17) is 21.1 Å². The molecule has 4 atom stereocenters. The predicted molar refractivity (Wildman–Crippen MR) is 127 cm³/mol. The number of likely N-dealkylation sites (tertiary alicyclic amines) is 1. The van der Waals surface area contributed by atoms with Gasteiger partial charge in [0.2, 0.25) is 18.1 Å². The lowest BCUT2D eigenvalue weighted by Gasteiger charge is -2.35. The quantitative estimate of drug-likeness (QED) is 0.478. The van der Waals surface area contributed by atoms with Crippen LogP contribution in [0.3, 0.4) is 0 Å². The summed E-state index contributed by atoms with van der Waals surface area (Å²) in [6.07, 6.45) is 0.183. The van der Waals surface area contributed by atoms with Gasteiger partial charge in [-0.1, -0.05) is 38.4 Å². The number of aromatic hydroxyl groups is 1. The molecular weight excluding hydrogens is 478 g/mol. The molecular formula is C24H32ClN3O7. The van der Waals surface area contributed by atoms with Crippen molar-refractivity contribution in [2.45, 2.75) is 71.4 Å². The summed E-state index contributed by atoms with van der Waals surface area (Å²) >= 11 is 6.08. The number of rotatable bonds is 7. The van der Waals surface area contributed by atoms with E-state index < -0.39 is 53.5 Å². The molecule has 0 radical (unpaired) electrons. The van der Waals surface area contributed by atoms with Crippen LogP contribution in [0.4, 0.5) is 0 Å². The average Bonchev–Trinajstić information content (AvgIpc) is 3.39. The Morgan fingerprint density at radius 3 is 2.69 bits per heavy atom. The van der Waals surface area contributed by atoms with Crippen molar-refractivity contribution in [1.82, 2.24) is 15.5 Å². The summed E-state index contributed by atoms with van der Waals surface area (Å²) < 4.78 is 10.5. The Morgan fingerprint density at radius 2 is 2.03 bits per heavy atom. The molecule has 11 heteroatoms. The first kappa shape index (κ1) is 26.7. The molecule has 3 amide bonds. The van der Waals surface area contributed by atoms with E-state index in [1.54, 1.807) is 27.7 Å². The van der Waals surface area contributed by atoms with Crippen molar-refractivity contribution in [2.75, 3.05) is 13.2 Å². The van der Waals surface area contributed by atoms with Gasteiger partial charge in [0.1, 0.15) is 23.9 Å². The molecule has 0 unspecified atom stereocenters. The van der Waals surface area contributed by atoms with E-state index in [9.17, 15) is 24.3 Å². The van der Waals surface area contributed by atoms with Crippen molar-refractivity contribution in [1.29, 1.82) is 0 Å². The molecule has 2 fully saturated rings. The lowest BCUT2D eigenvalue weighted by molar-refractivity contribution is -0.164. The monoisotopic (exact) mass is 509 g/mol. The minimum atomic E-state index is -0.964. The summed E-state index contributed by atoms with van der Waals surface area (Å²) in [6.45, 7) is 7.83. The summed E-state index contributed by atoms with van der Waals surface area (Å²) in [4.78, 5) is 52.8. The standard InChI is InChI=1S/C24H32ClN3O7/c1-5-34-23-14(12-17(30)35-23)26-21(32)15-9-7-11-28(15)22(33)19(24(2,3)4)27-20(31)13-8-6-10-16(29)18(13)25/h6,8,10,14-15,19,23,29H,5,7,9,11-12H2,1-4H3,(H,26,32)(H,27,31)/t14-,15+,19-,23-/m1/s1. The number of esters is 1. The number of carbonyl (C=O) groups is 4. The first-order chi connectivity index (χ1) is 16.4. The zero-order valence-corrected chi connectivity index (χ0v) is 21.1. The molecule has 0 bridgehead atoms. The van der Waals surface area contributed by atoms with Crippen LogP contribution in [0.15, 0.2) is 18.2 Å². The number of amides is 3. The van der Waals surface area contributed by atoms with Crippen LogP contribution in [0.2, 0.25) is 5.02 Å². The number of phenolic OH excluding ortho intramolecular Hbond substituents is 1. The third kappa shape index (κ3) is 6.05. The van der Waals surface area contributed by atoms with E-state index in [0.29, 0.717) is 26.0 Å². The lowest BCUT2D eigenvalue weighted by Crippen LogP contribution is -2.58. The second kappa shape index (κ2) is 10.8. The van der Waals surface area contributed by atoms with Crippen LogP contribution < -0.4 is 10.6 Å². The minimum absolute atomic E-state index is 0.0115. The smallest absolute Gasteiger partial charge is 0.310 e. The number of nitrogens with one attached hydrogen (secondary N) is 2. The van der Waals surface area contributed by atoms with E-state index in [1.165, 1.54) is 23.1 Å². The summed E-state index contributed by atoms with van der Waals surface area (Å²) in [7, 11) is 0. The van der Waals surface area contributed by atoms with Crippen LogP contribution in [-0.4, -0.2) is 71.3 Å². The van der Waals surface area contributed by atoms with Crippen molar-refractivity contribution >= 4 is 35.3 Å². The maximum Gasteiger partial charge on any atom is 0.310 e. The number of phenols is 1. The molecule has 1 aromatic carbocycles. The maximum absolute atomic E-state index is 13.6. The van der Waals surface area contributed by atoms with Crippen LogP contribution in [0.1, 0.15) is 57.3 Å². The van der Waals surface area contributed by atoms with E-state index in [-0.39, 0.29) is 22.8 Å². The summed E-state index contributed by atoms with van der Waals surface area (Å²) in [5.41, 5.74) is -0.650. The van der Waals surface area contributed by atoms with Crippen molar-refractivity contribution in [3.63, 3.8) is 0 Å².